The van der Waals surface area contributed by atoms with Gasteiger partial charge < -0.3 is 27.6 Å². The third-order valence-corrected chi connectivity index (χ3v) is 14.5. The van der Waals surface area contributed by atoms with Crippen molar-refractivity contribution < 1.29 is 13.9 Å². The van der Waals surface area contributed by atoms with Crippen molar-refractivity contribution in [2.24, 2.45) is 0 Å². The fourth-order valence-electron chi connectivity index (χ4n) is 11.8. The Balaban J connectivity index is 0.945. The molecule has 0 unspecified atom stereocenters. The molecule has 0 saturated heterocycles. The maximum Gasteiger partial charge on any atom is 0.260 e. The summed E-state index contributed by atoms with van der Waals surface area (Å²) >= 11 is 0. The number of aromatic nitrogens is 3. The standard InChI is InChI=1S/C60H34BN3O3/c1-2-14-35(15-3-1)62-47-22-10-5-18-42(47)56-49(62)30-27-40-38-16-4-9-21-46(38)64(59(40)56)37-33-54-58-55(34-37)66-53-32-36(26-29-45(53)61(58)44-20-8-13-25-52(44)65-54)63-48-23-11-6-19-43(48)57-50(63)31-28-41-39-17-7-12-24-51(39)67-60(41)57/h1-34H. The Hall–Kier alpha value is -8.94. The van der Waals surface area contributed by atoms with Crippen LogP contribution in [0.15, 0.2) is 211 Å². The fraction of sp³-hybridized carbons (Fsp3) is 0. The average Bonchev–Trinajstić information content (AvgIpc) is 4.12. The van der Waals surface area contributed by atoms with Crippen molar-refractivity contribution in [2.45, 2.75) is 0 Å². The third kappa shape index (κ3) is 4.64. The van der Waals surface area contributed by atoms with Crippen LogP contribution in [0.5, 0.6) is 23.0 Å². The highest BCUT2D eigenvalue weighted by Gasteiger charge is 2.41. The van der Waals surface area contributed by atoms with Crippen molar-refractivity contribution in [1.29, 1.82) is 0 Å². The van der Waals surface area contributed by atoms with E-state index in [0.29, 0.717) is 0 Å². The summed E-state index contributed by atoms with van der Waals surface area (Å²) in [4.78, 5) is 0. The fourth-order valence-corrected chi connectivity index (χ4v) is 11.8. The highest BCUT2D eigenvalue weighted by Crippen LogP contribution is 2.46. The molecule has 0 atom stereocenters. The molecule has 67 heavy (non-hydrogen) atoms. The first kappa shape index (κ1) is 35.4. The summed E-state index contributed by atoms with van der Waals surface area (Å²) in [7, 11) is 0. The summed E-state index contributed by atoms with van der Waals surface area (Å²) in [6, 6.07) is 73.8. The van der Waals surface area contributed by atoms with E-state index >= 15 is 0 Å². The average molecular weight is 856 g/mol. The number of rotatable bonds is 3. The number of ether oxygens (including phenoxy) is 2. The predicted octanol–water partition coefficient (Wildman–Crippen LogP) is 13.6. The summed E-state index contributed by atoms with van der Waals surface area (Å²) in [6.07, 6.45) is 0. The van der Waals surface area contributed by atoms with E-state index in [1.807, 2.05) is 6.07 Å². The molecule has 0 spiro atoms. The highest BCUT2D eigenvalue weighted by molar-refractivity contribution is 6.98. The molecule has 7 heteroatoms. The molecule has 2 aliphatic heterocycles. The van der Waals surface area contributed by atoms with Gasteiger partial charge in [-0.05, 0) is 77.7 Å². The van der Waals surface area contributed by atoms with Crippen molar-refractivity contribution in [3.05, 3.63) is 206 Å². The molecule has 310 valence electrons. The topological polar surface area (TPSA) is 46.4 Å². The van der Waals surface area contributed by atoms with Crippen molar-refractivity contribution in [3.8, 4) is 40.1 Å². The zero-order valence-corrected chi connectivity index (χ0v) is 35.8. The quantitative estimate of drug-likeness (QED) is 0.166. The highest BCUT2D eigenvalue weighted by atomic mass is 16.5. The number of benzene rings is 10. The number of para-hydroxylation sites is 6. The van der Waals surface area contributed by atoms with Crippen LogP contribution in [0.2, 0.25) is 0 Å². The Bertz CT molecular complexity index is 4480. The van der Waals surface area contributed by atoms with Crippen LogP contribution >= 0.6 is 0 Å². The van der Waals surface area contributed by atoms with Gasteiger partial charge in [0.05, 0.1) is 44.2 Å². The van der Waals surface area contributed by atoms with Crippen LogP contribution in [-0.4, -0.2) is 20.4 Å². The molecule has 0 aliphatic carbocycles. The molecule has 14 aromatic rings. The van der Waals surface area contributed by atoms with Crippen LogP contribution in [0.4, 0.5) is 0 Å². The molecule has 2 aliphatic rings. The summed E-state index contributed by atoms with van der Waals surface area (Å²) in [6.45, 7) is -0.0937. The monoisotopic (exact) mass is 855 g/mol. The minimum atomic E-state index is -0.0937. The molecule has 0 bridgehead atoms. The minimum Gasteiger partial charge on any atom is -0.458 e. The molecule has 0 amide bonds. The van der Waals surface area contributed by atoms with Gasteiger partial charge in [-0.2, -0.15) is 0 Å². The van der Waals surface area contributed by atoms with E-state index in [1.54, 1.807) is 0 Å². The first-order valence-electron chi connectivity index (χ1n) is 22.9. The number of hydrogen-bond donors (Lipinski definition) is 0. The van der Waals surface area contributed by atoms with E-state index in [1.165, 1.54) is 21.5 Å². The zero-order chi connectivity index (χ0) is 43.5. The Morgan fingerprint density at radius 1 is 0.328 bits per heavy atom. The van der Waals surface area contributed by atoms with Crippen LogP contribution in [-0.2, 0) is 0 Å². The lowest BCUT2D eigenvalue weighted by Gasteiger charge is -2.33. The van der Waals surface area contributed by atoms with E-state index in [4.69, 9.17) is 13.9 Å². The smallest absolute Gasteiger partial charge is 0.260 e. The van der Waals surface area contributed by atoms with Gasteiger partial charge in [0.2, 0.25) is 0 Å². The number of fused-ring (bicyclic) bond motifs is 18. The van der Waals surface area contributed by atoms with E-state index in [-0.39, 0.29) is 6.71 Å². The van der Waals surface area contributed by atoms with Crippen LogP contribution in [0, 0.1) is 0 Å². The lowest BCUT2D eigenvalue weighted by molar-refractivity contribution is 0.464. The largest absolute Gasteiger partial charge is 0.458 e. The van der Waals surface area contributed by atoms with Crippen molar-refractivity contribution in [2.75, 3.05) is 0 Å². The molecule has 0 radical (unpaired) electrons. The van der Waals surface area contributed by atoms with Crippen LogP contribution in [0.3, 0.4) is 0 Å². The van der Waals surface area contributed by atoms with Crippen molar-refractivity contribution in [3.63, 3.8) is 0 Å². The SMILES string of the molecule is c1ccc(-n2c3ccccc3c3c2ccc2c4ccccc4n(-c4cc5c6c(c4)Oc4cc(-n7c8ccccc8c8c9oc%10ccccc%10c9ccc87)ccc4B6c4ccccc4O5)c23)cc1. The first-order chi connectivity index (χ1) is 33.2. The maximum absolute atomic E-state index is 7.27. The first-order valence-corrected chi connectivity index (χ1v) is 22.9. The number of furan rings is 1. The van der Waals surface area contributed by atoms with Gasteiger partial charge in [0.1, 0.15) is 34.2 Å². The molecule has 6 heterocycles. The van der Waals surface area contributed by atoms with Gasteiger partial charge in [0.25, 0.3) is 6.71 Å². The van der Waals surface area contributed by atoms with E-state index in [2.05, 4.69) is 214 Å². The maximum atomic E-state index is 7.27. The Morgan fingerprint density at radius 2 is 0.896 bits per heavy atom. The lowest BCUT2D eigenvalue weighted by Crippen LogP contribution is -2.57. The summed E-state index contributed by atoms with van der Waals surface area (Å²) in [5.74, 6) is 3.26. The van der Waals surface area contributed by atoms with Gasteiger partial charge in [0.15, 0.2) is 0 Å². The van der Waals surface area contributed by atoms with Crippen LogP contribution in [0.1, 0.15) is 0 Å². The summed E-state index contributed by atoms with van der Waals surface area (Å²) < 4.78 is 28.0. The van der Waals surface area contributed by atoms with Gasteiger partial charge in [-0.3, -0.25) is 0 Å². The number of nitrogens with zero attached hydrogens (tertiary/aromatic N) is 3. The second-order valence-corrected chi connectivity index (χ2v) is 17.9. The molecule has 4 aromatic heterocycles. The Kier molecular flexibility index (Phi) is 6.80. The lowest BCUT2D eigenvalue weighted by atomic mass is 9.35. The van der Waals surface area contributed by atoms with Gasteiger partial charge in [-0.15, -0.1) is 0 Å². The second-order valence-electron chi connectivity index (χ2n) is 17.9. The van der Waals surface area contributed by atoms with Gasteiger partial charge in [-0.1, -0.05) is 121 Å². The Morgan fingerprint density at radius 3 is 1.69 bits per heavy atom. The molecule has 6 nitrogen and oxygen atoms in total. The van der Waals surface area contributed by atoms with Crippen molar-refractivity contribution >= 4 is 110 Å². The van der Waals surface area contributed by atoms with Crippen LogP contribution < -0.4 is 25.9 Å². The zero-order valence-electron chi connectivity index (χ0n) is 35.8. The molecule has 0 saturated carbocycles. The molecular weight excluding hydrogens is 821 g/mol. The van der Waals surface area contributed by atoms with E-state index < -0.39 is 0 Å². The van der Waals surface area contributed by atoms with Crippen LogP contribution in [0.25, 0.3) is 104 Å². The van der Waals surface area contributed by atoms with Gasteiger partial charge in [0, 0.05) is 72.7 Å². The van der Waals surface area contributed by atoms with Gasteiger partial charge in [-0.25, -0.2) is 0 Å². The minimum absolute atomic E-state index is 0.0937. The van der Waals surface area contributed by atoms with E-state index in [0.717, 1.165) is 122 Å². The molecule has 16 rings (SSSR count). The van der Waals surface area contributed by atoms with Crippen molar-refractivity contribution in [1.82, 2.24) is 13.7 Å². The molecule has 0 N–H and O–H groups in total. The summed E-state index contributed by atoms with van der Waals surface area (Å²) in [5, 5.41) is 9.27. The molecular formula is C60H34BN3O3. The van der Waals surface area contributed by atoms with E-state index in [9.17, 15) is 0 Å². The molecule has 0 fully saturated rings. The van der Waals surface area contributed by atoms with Gasteiger partial charge >= 0.3 is 0 Å². The third-order valence-electron chi connectivity index (χ3n) is 14.5. The normalized spacial score (nSPS) is 13.0. The summed E-state index contributed by atoms with van der Waals surface area (Å²) in [5.41, 5.74) is 14.9. The predicted molar refractivity (Wildman–Crippen MR) is 274 cm³/mol. The Labute approximate surface area is 382 Å². The number of hydrogen-bond acceptors (Lipinski definition) is 3. The molecule has 10 aromatic carbocycles. The second kappa shape index (κ2) is 12.9.